The zero-order valence-electron chi connectivity index (χ0n) is 17.3. The molecule has 1 aliphatic rings. The normalized spacial score (nSPS) is 15.0. The molecule has 0 saturated carbocycles. The van der Waals surface area contributed by atoms with Crippen molar-refractivity contribution in [3.63, 3.8) is 0 Å². The highest BCUT2D eigenvalue weighted by Crippen LogP contribution is 2.28. The summed E-state index contributed by atoms with van der Waals surface area (Å²) < 4.78 is 32.0. The molecule has 0 atom stereocenters. The number of carbonyl (C=O) groups excluding carboxylic acids is 1. The molecule has 1 amide bonds. The topological polar surface area (TPSA) is 88.6 Å². The fourth-order valence-electron chi connectivity index (χ4n) is 3.35. The van der Waals surface area contributed by atoms with Gasteiger partial charge >= 0.3 is 0 Å². The molecule has 1 aliphatic heterocycles. The Kier molecular flexibility index (Phi) is 6.19. The fourth-order valence-corrected chi connectivity index (χ4v) is 5.46. The van der Waals surface area contributed by atoms with E-state index in [-0.39, 0.29) is 10.8 Å². The van der Waals surface area contributed by atoms with E-state index in [1.807, 2.05) is 19.2 Å². The summed E-state index contributed by atoms with van der Waals surface area (Å²) in [5, 5.41) is 5.20. The third kappa shape index (κ3) is 4.69. The predicted molar refractivity (Wildman–Crippen MR) is 121 cm³/mol. The Labute approximate surface area is 185 Å². The molecule has 9 heteroatoms. The van der Waals surface area contributed by atoms with Crippen molar-refractivity contribution in [1.29, 1.82) is 0 Å². The molecule has 4 rings (SSSR count). The summed E-state index contributed by atoms with van der Waals surface area (Å²) in [5.74, 6) is -0.336. The Morgan fingerprint density at radius 2 is 1.81 bits per heavy atom. The standard InChI is InChI=1S/C22H23N3O4S2/c1-15-3-4-16(2)19(13-15)20-14-30-22(23-20)24-21(26)17-5-7-18(8-6-17)31(27,28)25-9-11-29-12-10-25/h3-8,13-14H,9-12H2,1-2H3,(H,23,24,26). The molecular formula is C22H23N3O4S2. The van der Waals surface area contributed by atoms with Crippen molar-refractivity contribution >= 4 is 32.4 Å². The third-order valence-electron chi connectivity index (χ3n) is 5.12. The van der Waals surface area contributed by atoms with Gasteiger partial charge in [-0.15, -0.1) is 11.3 Å². The van der Waals surface area contributed by atoms with Crippen LogP contribution in [0.5, 0.6) is 0 Å². The average molecular weight is 458 g/mol. The van der Waals surface area contributed by atoms with Crippen molar-refractivity contribution in [1.82, 2.24) is 9.29 Å². The summed E-state index contributed by atoms with van der Waals surface area (Å²) in [6.07, 6.45) is 0. The first kappa shape index (κ1) is 21.6. The number of rotatable bonds is 5. The van der Waals surface area contributed by atoms with Crippen molar-refractivity contribution in [2.24, 2.45) is 0 Å². The number of nitrogens with zero attached hydrogens (tertiary/aromatic N) is 2. The van der Waals surface area contributed by atoms with E-state index in [0.717, 1.165) is 22.4 Å². The van der Waals surface area contributed by atoms with Crippen LogP contribution in [0, 0.1) is 13.8 Å². The van der Waals surface area contributed by atoms with Crippen molar-refractivity contribution in [2.75, 3.05) is 31.6 Å². The Morgan fingerprint density at radius 3 is 2.52 bits per heavy atom. The van der Waals surface area contributed by atoms with Crippen LogP contribution in [0.3, 0.4) is 0 Å². The van der Waals surface area contributed by atoms with Crippen LogP contribution in [0.1, 0.15) is 21.5 Å². The second-order valence-electron chi connectivity index (χ2n) is 7.35. The number of carbonyl (C=O) groups is 1. The molecule has 162 valence electrons. The van der Waals surface area contributed by atoms with Crippen molar-refractivity contribution in [3.05, 3.63) is 64.5 Å². The van der Waals surface area contributed by atoms with E-state index in [1.54, 1.807) is 0 Å². The number of anilines is 1. The number of aryl methyl sites for hydroxylation is 2. The number of nitrogens with one attached hydrogen (secondary N) is 1. The summed E-state index contributed by atoms with van der Waals surface area (Å²) in [5.41, 5.74) is 4.48. The van der Waals surface area contributed by atoms with Crippen LogP contribution < -0.4 is 5.32 Å². The number of ether oxygens (including phenoxy) is 1. The van der Waals surface area contributed by atoms with Crippen molar-refractivity contribution in [3.8, 4) is 11.3 Å². The van der Waals surface area contributed by atoms with E-state index in [9.17, 15) is 13.2 Å². The summed E-state index contributed by atoms with van der Waals surface area (Å²) in [6, 6.07) is 12.1. The number of amides is 1. The number of thiazole rings is 1. The molecule has 0 spiro atoms. The largest absolute Gasteiger partial charge is 0.379 e. The zero-order chi connectivity index (χ0) is 22.0. The Bertz CT molecular complexity index is 1200. The van der Waals surface area contributed by atoms with Gasteiger partial charge in [-0.2, -0.15) is 4.31 Å². The molecule has 1 aromatic heterocycles. The molecule has 1 saturated heterocycles. The summed E-state index contributed by atoms with van der Waals surface area (Å²) in [6.45, 7) is 5.49. The zero-order valence-corrected chi connectivity index (χ0v) is 18.9. The van der Waals surface area contributed by atoms with Crippen LogP contribution in [0.25, 0.3) is 11.3 Å². The maximum atomic E-state index is 12.7. The average Bonchev–Trinajstić information content (AvgIpc) is 3.24. The Morgan fingerprint density at radius 1 is 1.10 bits per heavy atom. The predicted octanol–water partition coefficient (Wildman–Crippen LogP) is 3.70. The first-order valence-electron chi connectivity index (χ1n) is 9.87. The van der Waals surface area contributed by atoms with E-state index < -0.39 is 10.0 Å². The van der Waals surface area contributed by atoms with Gasteiger partial charge in [0.25, 0.3) is 5.91 Å². The SMILES string of the molecule is Cc1ccc(C)c(-c2csc(NC(=O)c3ccc(S(=O)(=O)N4CCOCC4)cc3)n2)c1. The van der Waals surface area contributed by atoms with Crippen LogP contribution in [-0.2, 0) is 14.8 Å². The van der Waals surface area contributed by atoms with Gasteiger partial charge in [0.15, 0.2) is 5.13 Å². The van der Waals surface area contributed by atoms with E-state index in [2.05, 4.69) is 28.5 Å². The first-order chi connectivity index (χ1) is 14.8. The molecule has 1 N–H and O–H groups in total. The molecule has 0 aliphatic carbocycles. The molecule has 2 aromatic carbocycles. The van der Waals surface area contributed by atoms with Crippen LogP contribution in [0.4, 0.5) is 5.13 Å². The number of sulfonamides is 1. The van der Waals surface area contributed by atoms with Gasteiger partial charge in [-0.1, -0.05) is 17.7 Å². The monoisotopic (exact) mass is 457 g/mol. The maximum Gasteiger partial charge on any atom is 0.257 e. The first-order valence-corrected chi connectivity index (χ1v) is 12.2. The Hall–Kier alpha value is -2.59. The highest BCUT2D eigenvalue weighted by molar-refractivity contribution is 7.89. The second-order valence-corrected chi connectivity index (χ2v) is 10.1. The Balaban J connectivity index is 1.47. The van der Waals surface area contributed by atoms with Crippen LogP contribution in [-0.4, -0.2) is 49.9 Å². The lowest BCUT2D eigenvalue weighted by atomic mass is 10.0. The quantitative estimate of drug-likeness (QED) is 0.631. The molecule has 7 nitrogen and oxygen atoms in total. The van der Waals surface area contributed by atoms with Crippen molar-refractivity contribution in [2.45, 2.75) is 18.7 Å². The highest BCUT2D eigenvalue weighted by atomic mass is 32.2. The van der Waals surface area contributed by atoms with Crippen molar-refractivity contribution < 1.29 is 17.9 Å². The lowest BCUT2D eigenvalue weighted by Crippen LogP contribution is -2.40. The molecule has 1 fully saturated rings. The highest BCUT2D eigenvalue weighted by Gasteiger charge is 2.26. The minimum absolute atomic E-state index is 0.164. The van der Waals surface area contributed by atoms with Gasteiger partial charge in [0.1, 0.15) is 0 Å². The van der Waals surface area contributed by atoms with E-state index in [0.29, 0.717) is 37.0 Å². The van der Waals surface area contributed by atoms with E-state index in [1.165, 1.54) is 39.9 Å². The molecule has 31 heavy (non-hydrogen) atoms. The number of benzene rings is 2. The van der Waals surface area contributed by atoms with Gasteiger partial charge in [0, 0.05) is 29.6 Å². The number of hydrogen-bond acceptors (Lipinski definition) is 6. The summed E-state index contributed by atoms with van der Waals surface area (Å²) in [7, 11) is -3.59. The molecule has 2 heterocycles. The minimum Gasteiger partial charge on any atom is -0.379 e. The summed E-state index contributed by atoms with van der Waals surface area (Å²) in [4.78, 5) is 17.3. The fraction of sp³-hybridized carbons (Fsp3) is 0.273. The number of aromatic nitrogens is 1. The molecule has 0 radical (unpaired) electrons. The van der Waals surface area contributed by atoms with Crippen LogP contribution >= 0.6 is 11.3 Å². The lowest BCUT2D eigenvalue weighted by molar-refractivity contribution is 0.0730. The van der Waals surface area contributed by atoms with E-state index in [4.69, 9.17) is 4.74 Å². The van der Waals surface area contributed by atoms with Gasteiger partial charge in [-0.25, -0.2) is 13.4 Å². The molecule has 0 unspecified atom stereocenters. The molecule has 3 aromatic rings. The number of hydrogen-bond donors (Lipinski definition) is 1. The van der Waals surface area contributed by atoms with Crippen LogP contribution in [0.15, 0.2) is 52.7 Å². The van der Waals surface area contributed by atoms with Crippen LogP contribution in [0.2, 0.25) is 0 Å². The number of morpholine rings is 1. The molecule has 0 bridgehead atoms. The lowest BCUT2D eigenvalue weighted by Gasteiger charge is -2.26. The minimum atomic E-state index is -3.59. The third-order valence-corrected chi connectivity index (χ3v) is 7.79. The van der Waals surface area contributed by atoms with Gasteiger partial charge in [0.2, 0.25) is 10.0 Å². The van der Waals surface area contributed by atoms with E-state index >= 15 is 0 Å². The maximum absolute atomic E-state index is 12.7. The summed E-state index contributed by atoms with van der Waals surface area (Å²) >= 11 is 1.35. The van der Waals surface area contributed by atoms with Gasteiger partial charge in [-0.3, -0.25) is 10.1 Å². The smallest absolute Gasteiger partial charge is 0.257 e. The molecular weight excluding hydrogens is 434 g/mol. The van der Waals surface area contributed by atoms with Gasteiger partial charge in [-0.05, 0) is 49.7 Å². The second kappa shape index (κ2) is 8.88. The van der Waals surface area contributed by atoms with Gasteiger partial charge in [0.05, 0.1) is 23.8 Å². The van der Waals surface area contributed by atoms with Gasteiger partial charge < -0.3 is 4.74 Å².